The van der Waals surface area contributed by atoms with Gasteiger partial charge in [0.2, 0.25) is 0 Å². The van der Waals surface area contributed by atoms with E-state index in [4.69, 9.17) is 0 Å². The van der Waals surface area contributed by atoms with Crippen LogP contribution >= 0.6 is 0 Å². The van der Waals surface area contributed by atoms with E-state index in [2.05, 4.69) is 6.58 Å². The summed E-state index contributed by atoms with van der Waals surface area (Å²) in [6.45, 7) is 8.83. The van der Waals surface area contributed by atoms with Crippen LogP contribution in [-0.4, -0.2) is 17.0 Å². The third-order valence-corrected chi connectivity index (χ3v) is 1.43. The SMILES string of the molecule is C=CC[C@@H](O)C(=O)C(C)(C)C. The third kappa shape index (κ3) is 3.33. The molecule has 0 radical (unpaired) electrons. The molecule has 0 aromatic carbocycles. The lowest BCUT2D eigenvalue weighted by Crippen LogP contribution is -2.31. The summed E-state index contributed by atoms with van der Waals surface area (Å²) < 4.78 is 0. The van der Waals surface area contributed by atoms with Crippen LogP contribution in [0.4, 0.5) is 0 Å². The summed E-state index contributed by atoms with van der Waals surface area (Å²) in [5, 5.41) is 9.23. The van der Waals surface area contributed by atoms with Gasteiger partial charge in [-0.15, -0.1) is 6.58 Å². The van der Waals surface area contributed by atoms with Crippen LogP contribution in [-0.2, 0) is 4.79 Å². The lowest BCUT2D eigenvalue weighted by atomic mass is 9.87. The molecule has 0 rings (SSSR count). The Morgan fingerprint density at radius 2 is 2.09 bits per heavy atom. The van der Waals surface area contributed by atoms with Crippen molar-refractivity contribution in [1.29, 1.82) is 0 Å². The molecule has 0 aliphatic rings. The van der Waals surface area contributed by atoms with Gasteiger partial charge in [-0.25, -0.2) is 0 Å². The molecule has 1 N–H and O–H groups in total. The molecular formula is C9H16O2. The lowest BCUT2D eigenvalue weighted by molar-refractivity contribution is -0.134. The minimum atomic E-state index is -0.882. The highest BCUT2D eigenvalue weighted by atomic mass is 16.3. The summed E-state index contributed by atoms with van der Waals surface area (Å²) >= 11 is 0. The summed E-state index contributed by atoms with van der Waals surface area (Å²) in [5.41, 5.74) is -0.456. The minimum absolute atomic E-state index is 0.127. The van der Waals surface area contributed by atoms with Crippen LogP contribution in [0.25, 0.3) is 0 Å². The minimum Gasteiger partial charge on any atom is -0.385 e. The summed E-state index contributed by atoms with van der Waals surface area (Å²) in [5.74, 6) is -0.127. The van der Waals surface area contributed by atoms with Gasteiger partial charge in [0, 0.05) is 5.41 Å². The van der Waals surface area contributed by atoms with Gasteiger partial charge in [0.15, 0.2) is 5.78 Å². The van der Waals surface area contributed by atoms with E-state index in [9.17, 15) is 9.90 Å². The maximum absolute atomic E-state index is 11.3. The molecule has 0 aromatic rings. The molecule has 0 spiro atoms. The Kier molecular flexibility index (Phi) is 3.46. The number of hydrogen-bond acceptors (Lipinski definition) is 2. The van der Waals surface area contributed by atoms with Gasteiger partial charge in [0.1, 0.15) is 6.10 Å². The zero-order valence-electron chi connectivity index (χ0n) is 7.42. The van der Waals surface area contributed by atoms with Crippen LogP contribution < -0.4 is 0 Å². The van der Waals surface area contributed by atoms with Crippen LogP contribution in [0.1, 0.15) is 27.2 Å². The fourth-order valence-electron chi connectivity index (χ4n) is 0.765. The molecule has 0 aliphatic heterocycles. The highest BCUT2D eigenvalue weighted by Gasteiger charge is 2.26. The summed E-state index contributed by atoms with van der Waals surface area (Å²) in [7, 11) is 0. The van der Waals surface area contributed by atoms with Gasteiger partial charge in [-0.1, -0.05) is 26.8 Å². The Balaban J connectivity index is 4.13. The first-order valence-corrected chi connectivity index (χ1v) is 3.73. The summed E-state index contributed by atoms with van der Waals surface area (Å²) in [6.07, 6.45) is 1.01. The van der Waals surface area contributed by atoms with Gasteiger partial charge < -0.3 is 5.11 Å². The van der Waals surface area contributed by atoms with Crippen LogP contribution in [0.2, 0.25) is 0 Å². The molecule has 2 nitrogen and oxygen atoms in total. The number of aliphatic hydroxyl groups is 1. The number of ketones is 1. The second kappa shape index (κ2) is 3.67. The topological polar surface area (TPSA) is 37.3 Å². The van der Waals surface area contributed by atoms with Crippen LogP contribution in [0.5, 0.6) is 0 Å². The first-order chi connectivity index (χ1) is 4.89. The number of carbonyl (C=O) groups is 1. The quantitative estimate of drug-likeness (QED) is 0.629. The second-order valence-electron chi connectivity index (χ2n) is 3.65. The van der Waals surface area contributed by atoms with Crippen molar-refractivity contribution in [1.82, 2.24) is 0 Å². The van der Waals surface area contributed by atoms with Crippen molar-refractivity contribution in [2.75, 3.05) is 0 Å². The van der Waals surface area contributed by atoms with Crippen molar-refractivity contribution < 1.29 is 9.90 Å². The van der Waals surface area contributed by atoms with Crippen LogP contribution in [0.15, 0.2) is 12.7 Å². The average molecular weight is 156 g/mol. The van der Waals surface area contributed by atoms with Crippen LogP contribution in [0.3, 0.4) is 0 Å². The summed E-state index contributed by atoms with van der Waals surface area (Å²) in [6, 6.07) is 0. The standard InChI is InChI=1S/C9H16O2/c1-5-6-7(10)8(11)9(2,3)4/h5,7,10H,1,6H2,2-4H3/t7-/m1/s1. The first-order valence-electron chi connectivity index (χ1n) is 3.73. The van der Waals surface area contributed by atoms with Gasteiger partial charge in [0.25, 0.3) is 0 Å². The number of rotatable bonds is 3. The monoisotopic (exact) mass is 156 g/mol. The van der Waals surface area contributed by atoms with Gasteiger partial charge in [0.05, 0.1) is 0 Å². The molecule has 0 heterocycles. The van der Waals surface area contributed by atoms with Crippen molar-refractivity contribution >= 4 is 5.78 Å². The van der Waals surface area contributed by atoms with E-state index < -0.39 is 11.5 Å². The van der Waals surface area contributed by atoms with Gasteiger partial charge in [-0.2, -0.15) is 0 Å². The average Bonchev–Trinajstić information content (AvgIpc) is 1.85. The second-order valence-corrected chi connectivity index (χ2v) is 3.65. The largest absolute Gasteiger partial charge is 0.385 e. The zero-order chi connectivity index (χ0) is 9.07. The van der Waals surface area contributed by atoms with Crippen molar-refractivity contribution in [2.45, 2.75) is 33.3 Å². The van der Waals surface area contributed by atoms with Crippen molar-refractivity contribution in [3.63, 3.8) is 0 Å². The predicted molar refractivity (Wildman–Crippen MR) is 45.3 cm³/mol. The maximum atomic E-state index is 11.3. The Bertz CT molecular complexity index is 153. The van der Waals surface area contributed by atoms with E-state index in [0.717, 1.165) is 0 Å². The van der Waals surface area contributed by atoms with E-state index >= 15 is 0 Å². The highest BCUT2D eigenvalue weighted by Crippen LogP contribution is 2.17. The van der Waals surface area contributed by atoms with Gasteiger partial charge in [-0.3, -0.25) is 4.79 Å². The summed E-state index contributed by atoms with van der Waals surface area (Å²) in [4.78, 5) is 11.3. The van der Waals surface area contributed by atoms with E-state index in [1.807, 2.05) is 0 Å². The molecule has 2 heteroatoms. The number of hydrogen-bond donors (Lipinski definition) is 1. The maximum Gasteiger partial charge on any atom is 0.166 e. The molecule has 11 heavy (non-hydrogen) atoms. The van der Waals surface area contributed by atoms with E-state index in [1.165, 1.54) is 0 Å². The number of carbonyl (C=O) groups excluding carboxylic acids is 1. The van der Waals surface area contributed by atoms with Crippen LogP contribution in [0, 0.1) is 5.41 Å². The fourth-order valence-corrected chi connectivity index (χ4v) is 0.765. The van der Waals surface area contributed by atoms with E-state index in [-0.39, 0.29) is 5.78 Å². The van der Waals surface area contributed by atoms with Crippen molar-refractivity contribution in [2.24, 2.45) is 5.41 Å². The Labute approximate surface area is 67.9 Å². The van der Waals surface area contributed by atoms with Gasteiger partial charge >= 0.3 is 0 Å². The Morgan fingerprint density at radius 3 is 2.36 bits per heavy atom. The molecular weight excluding hydrogens is 140 g/mol. The molecule has 0 fully saturated rings. The highest BCUT2D eigenvalue weighted by molar-refractivity contribution is 5.87. The third-order valence-electron chi connectivity index (χ3n) is 1.43. The van der Waals surface area contributed by atoms with E-state index in [1.54, 1.807) is 26.8 Å². The smallest absolute Gasteiger partial charge is 0.166 e. The van der Waals surface area contributed by atoms with Crippen molar-refractivity contribution in [3.05, 3.63) is 12.7 Å². The molecule has 0 unspecified atom stereocenters. The number of aliphatic hydroxyl groups excluding tert-OH is 1. The van der Waals surface area contributed by atoms with Crippen molar-refractivity contribution in [3.8, 4) is 0 Å². The molecule has 64 valence electrons. The molecule has 0 aromatic heterocycles. The predicted octanol–water partition coefficient (Wildman–Crippen LogP) is 1.54. The fraction of sp³-hybridized carbons (Fsp3) is 0.667. The molecule has 0 amide bonds. The van der Waals surface area contributed by atoms with Gasteiger partial charge in [-0.05, 0) is 6.42 Å². The molecule has 0 bridgehead atoms. The lowest BCUT2D eigenvalue weighted by Gasteiger charge is -2.19. The molecule has 0 saturated heterocycles. The molecule has 0 aliphatic carbocycles. The normalized spacial score (nSPS) is 14.2. The Morgan fingerprint density at radius 1 is 1.64 bits per heavy atom. The zero-order valence-corrected chi connectivity index (χ0v) is 7.42. The Hall–Kier alpha value is -0.630. The molecule has 1 atom stereocenters. The first kappa shape index (κ1) is 10.4. The number of Topliss-reactive ketones (excluding diaryl/α,β-unsaturated/α-hetero) is 1. The molecule has 0 saturated carbocycles. The van der Waals surface area contributed by atoms with E-state index in [0.29, 0.717) is 6.42 Å².